The van der Waals surface area contributed by atoms with Gasteiger partial charge in [0.25, 0.3) is 0 Å². The molecule has 0 amide bonds. The summed E-state index contributed by atoms with van der Waals surface area (Å²) in [6, 6.07) is 0. The van der Waals surface area contributed by atoms with Crippen LogP contribution in [0.25, 0.3) is 0 Å². The number of esters is 3. The Morgan fingerprint density at radius 1 is 0.351 bits per heavy atom. The predicted molar refractivity (Wildman–Crippen MR) is 307 cm³/mol. The Bertz CT molecular complexity index is 1480. The zero-order valence-electron chi connectivity index (χ0n) is 48.9. The van der Waals surface area contributed by atoms with E-state index < -0.39 is 91.5 Å². The third-order valence-electron chi connectivity index (χ3n) is 13.5. The SMILES string of the molecule is CCCC/C=C\CCCCCCCC(=O)OC(COC(=O)CCCCCCCCCCCCCCCCC)COP(=O)(O)OCC(O)COP(=O)(O)OCC(O)COC(=O)CCCCCCCCCCCCCCCCC. The number of phosphoric ester groups is 2. The van der Waals surface area contributed by atoms with Crippen LogP contribution in [-0.4, -0.2) is 95.9 Å². The fourth-order valence-corrected chi connectivity index (χ4v) is 10.3. The van der Waals surface area contributed by atoms with E-state index in [0.29, 0.717) is 19.3 Å². The molecule has 0 aliphatic heterocycles. The van der Waals surface area contributed by atoms with Gasteiger partial charge >= 0.3 is 33.6 Å². The van der Waals surface area contributed by atoms with Crippen molar-refractivity contribution in [1.82, 2.24) is 0 Å². The Balaban J connectivity index is 4.61. The molecule has 0 aliphatic carbocycles. The second-order valence-electron chi connectivity index (χ2n) is 21.2. The van der Waals surface area contributed by atoms with Gasteiger partial charge in [0.05, 0.1) is 26.4 Å². The van der Waals surface area contributed by atoms with Crippen molar-refractivity contribution in [3.63, 3.8) is 0 Å². The average Bonchev–Trinajstić information content (AvgIpc) is 3.40. The molecule has 0 heterocycles. The Labute approximate surface area is 468 Å². The lowest BCUT2D eigenvalue weighted by Crippen LogP contribution is -2.30. The first-order valence-corrected chi connectivity index (χ1v) is 34.0. The third kappa shape index (κ3) is 56.0. The number of unbranched alkanes of at least 4 members (excludes halogenated alkanes) is 35. The van der Waals surface area contributed by atoms with E-state index in [-0.39, 0.29) is 19.3 Å². The van der Waals surface area contributed by atoms with Crippen molar-refractivity contribution in [1.29, 1.82) is 0 Å². The fourth-order valence-electron chi connectivity index (χ4n) is 8.67. The van der Waals surface area contributed by atoms with Crippen molar-refractivity contribution in [2.45, 2.75) is 309 Å². The highest BCUT2D eigenvalue weighted by molar-refractivity contribution is 7.47. The molecule has 0 rings (SSSR count). The Kier molecular flexibility index (Phi) is 53.6. The van der Waals surface area contributed by atoms with Crippen LogP contribution in [0.1, 0.15) is 290 Å². The number of ether oxygens (including phenoxy) is 3. The van der Waals surface area contributed by atoms with Gasteiger partial charge in [-0.25, -0.2) is 9.13 Å². The van der Waals surface area contributed by atoms with Gasteiger partial charge in [-0.2, -0.15) is 0 Å². The molecule has 16 nitrogen and oxygen atoms in total. The lowest BCUT2D eigenvalue weighted by Gasteiger charge is -2.21. The van der Waals surface area contributed by atoms with Gasteiger partial charge in [-0.15, -0.1) is 0 Å². The molecular weight excluding hydrogens is 1030 g/mol. The van der Waals surface area contributed by atoms with E-state index in [2.05, 4.69) is 32.9 Å². The van der Waals surface area contributed by atoms with Crippen LogP contribution in [0.4, 0.5) is 0 Å². The number of hydrogen-bond acceptors (Lipinski definition) is 14. The number of aliphatic hydroxyl groups is 2. The highest BCUT2D eigenvalue weighted by Crippen LogP contribution is 2.45. The molecule has 0 saturated carbocycles. The molecule has 5 atom stereocenters. The van der Waals surface area contributed by atoms with Crippen LogP contribution < -0.4 is 0 Å². The Hall–Kier alpha value is -1.71. The summed E-state index contributed by atoms with van der Waals surface area (Å²) in [5.74, 6) is -1.56. The van der Waals surface area contributed by atoms with E-state index in [4.69, 9.17) is 32.3 Å². The zero-order chi connectivity index (χ0) is 56.8. The normalized spacial score (nSPS) is 14.5. The number of carbonyl (C=O) groups is 3. The Morgan fingerprint density at radius 3 is 0.987 bits per heavy atom. The van der Waals surface area contributed by atoms with Crippen molar-refractivity contribution in [2.24, 2.45) is 0 Å². The number of carbonyl (C=O) groups excluding carboxylic acids is 3. The molecular formula is C59H114O16P2. The highest BCUT2D eigenvalue weighted by atomic mass is 31.2. The first-order valence-electron chi connectivity index (χ1n) is 31.0. The maximum atomic E-state index is 12.8. The summed E-state index contributed by atoms with van der Waals surface area (Å²) in [5, 5.41) is 20.4. The van der Waals surface area contributed by atoms with Crippen LogP contribution in [0.15, 0.2) is 12.2 Å². The molecule has 5 unspecified atom stereocenters. The second-order valence-corrected chi connectivity index (χ2v) is 24.1. The molecule has 0 aromatic carbocycles. The van der Waals surface area contributed by atoms with Gasteiger partial charge in [0.15, 0.2) is 6.10 Å². The number of aliphatic hydroxyl groups excluding tert-OH is 2. The van der Waals surface area contributed by atoms with Crippen LogP contribution in [0.2, 0.25) is 0 Å². The zero-order valence-corrected chi connectivity index (χ0v) is 50.7. The minimum atomic E-state index is -4.90. The number of allylic oxidation sites excluding steroid dienone is 2. The topological polar surface area (TPSA) is 231 Å². The van der Waals surface area contributed by atoms with Gasteiger partial charge in [-0.05, 0) is 38.5 Å². The first-order chi connectivity index (χ1) is 37.2. The number of phosphoric acid groups is 2. The standard InChI is InChI=1S/C59H114O16P2/c1-4-7-10-13-16-19-22-24-26-28-31-33-36-39-42-45-57(62)69-48-54(60)49-71-76(65,66)72-50-55(61)51-73-77(67,68)74-53-56(75-59(64)47-44-41-38-35-30-21-18-15-12-9-6-3)52-70-58(63)46-43-40-37-34-32-29-27-25-23-20-17-14-11-8-5-2/h15,18,54-56,60-61H,4-14,16-17,19-53H2,1-3H3,(H,65,66)(H,67,68)/b18-15-. The van der Waals surface area contributed by atoms with Crippen molar-refractivity contribution in [3.05, 3.63) is 12.2 Å². The van der Waals surface area contributed by atoms with Gasteiger partial charge in [0.1, 0.15) is 25.4 Å². The summed E-state index contributed by atoms with van der Waals surface area (Å²) in [7, 11) is -9.73. The van der Waals surface area contributed by atoms with Crippen molar-refractivity contribution in [3.8, 4) is 0 Å². The van der Waals surface area contributed by atoms with E-state index in [9.17, 15) is 43.5 Å². The average molecular weight is 1140 g/mol. The van der Waals surface area contributed by atoms with E-state index in [1.165, 1.54) is 154 Å². The lowest BCUT2D eigenvalue weighted by atomic mass is 10.0. The molecule has 0 aliphatic rings. The minimum absolute atomic E-state index is 0.102. The van der Waals surface area contributed by atoms with Gasteiger partial charge < -0.3 is 34.2 Å². The predicted octanol–water partition coefficient (Wildman–Crippen LogP) is 16.0. The van der Waals surface area contributed by atoms with Crippen LogP contribution in [-0.2, 0) is 55.8 Å². The number of hydrogen-bond donors (Lipinski definition) is 4. The van der Waals surface area contributed by atoms with Crippen molar-refractivity contribution in [2.75, 3.05) is 39.6 Å². The van der Waals surface area contributed by atoms with Gasteiger partial charge in [-0.1, -0.05) is 245 Å². The molecule has 77 heavy (non-hydrogen) atoms. The van der Waals surface area contributed by atoms with Gasteiger partial charge in [0.2, 0.25) is 0 Å². The maximum absolute atomic E-state index is 12.8. The molecule has 0 saturated heterocycles. The van der Waals surface area contributed by atoms with E-state index in [1.54, 1.807) is 0 Å². The van der Waals surface area contributed by atoms with E-state index in [1.807, 2.05) is 0 Å². The molecule has 456 valence electrons. The highest BCUT2D eigenvalue weighted by Gasteiger charge is 2.29. The van der Waals surface area contributed by atoms with Gasteiger partial charge in [0, 0.05) is 19.3 Å². The first kappa shape index (κ1) is 75.3. The Morgan fingerprint density at radius 2 is 0.623 bits per heavy atom. The molecule has 0 spiro atoms. The second kappa shape index (κ2) is 54.9. The quantitative estimate of drug-likeness (QED) is 0.0146. The van der Waals surface area contributed by atoms with E-state index >= 15 is 0 Å². The summed E-state index contributed by atoms with van der Waals surface area (Å²) in [6.07, 6.45) is 45.7. The summed E-state index contributed by atoms with van der Waals surface area (Å²) in [5.41, 5.74) is 0. The number of rotatable bonds is 60. The minimum Gasteiger partial charge on any atom is -0.463 e. The lowest BCUT2D eigenvalue weighted by molar-refractivity contribution is -0.161. The van der Waals surface area contributed by atoms with Crippen LogP contribution >= 0.6 is 15.6 Å². The monoisotopic (exact) mass is 1140 g/mol. The summed E-state index contributed by atoms with van der Waals surface area (Å²) in [6.45, 7) is 2.66. The summed E-state index contributed by atoms with van der Waals surface area (Å²) in [4.78, 5) is 58.0. The summed E-state index contributed by atoms with van der Waals surface area (Å²) < 4.78 is 60.6. The fraction of sp³-hybridized carbons (Fsp3) is 0.915. The molecule has 0 aromatic rings. The molecule has 0 bridgehead atoms. The van der Waals surface area contributed by atoms with Crippen molar-refractivity contribution < 1.29 is 75.8 Å². The molecule has 18 heteroatoms. The molecule has 0 fully saturated rings. The molecule has 0 aromatic heterocycles. The van der Waals surface area contributed by atoms with Crippen LogP contribution in [0, 0.1) is 0 Å². The smallest absolute Gasteiger partial charge is 0.463 e. The van der Waals surface area contributed by atoms with Crippen LogP contribution in [0.3, 0.4) is 0 Å². The summed E-state index contributed by atoms with van der Waals surface area (Å²) >= 11 is 0. The van der Waals surface area contributed by atoms with E-state index in [0.717, 1.165) is 77.0 Å². The third-order valence-corrected chi connectivity index (χ3v) is 15.4. The maximum Gasteiger partial charge on any atom is 0.472 e. The van der Waals surface area contributed by atoms with Crippen LogP contribution in [0.5, 0.6) is 0 Å². The molecule has 0 radical (unpaired) electrons. The molecule has 4 N–H and O–H groups in total. The van der Waals surface area contributed by atoms with Gasteiger partial charge in [-0.3, -0.25) is 32.5 Å². The van der Waals surface area contributed by atoms with Crippen molar-refractivity contribution >= 4 is 33.6 Å². The largest absolute Gasteiger partial charge is 0.472 e.